The lowest BCUT2D eigenvalue weighted by Gasteiger charge is -1.87. The number of aromatic nitrogens is 2. The number of nitrogens with zero attached hydrogens (tertiary/aromatic N) is 3. The number of amides is 1. The molecule has 0 saturated heterocycles. The third-order valence-electron chi connectivity index (χ3n) is 0.978. The molecule has 1 amide bonds. The maximum atomic E-state index is 10.7. The van der Waals surface area contributed by atoms with Gasteiger partial charge in [0, 0.05) is 0 Å². The van der Waals surface area contributed by atoms with Gasteiger partial charge in [0.05, 0.1) is 18.0 Å². The van der Waals surface area contributed by atoms with Crippen molar-refractivity contribution in [3.63, 3.8) is 0 Å². The average Bonchev–Trinajstić information content (AvgIpc) is 2.07. The maximum Gasteiger partial charge on any atom is 0.289 e. The fraction of sp³-hybridized carbons (Fsp3) is 0. The van der Waals surface area contributed by atoms with Gasteiger partial charge in [-0.1, -0.05) is 0 Å². The molecule has 0 aliphatic heterocycles. The minimum absolute atomic E-state index is 0.225. The normalized spacial score (nSPS) is 8.36. The van der Waals surface area contributed by atoms with E-state index >= 15 is 0 Å². The van der Waals surface area contributed by atoms with Crippen molar-refractivity contribution >= 4 is 12.0 Å². The van der Waals surface area contributed by atoms with Crippen LogP contribution in [0.25, 0.3) is 0 Å². The maximum absolute atomic E-state index is 10.7. The summed E-state index contributed by atoms with van der Waals surface area (Å²) in [6, 6.07) is 1.41. The third-order valence-corrected chi connectivity index (χ3v) is 0.978. The minimum Gasteiger partial charge on any atom is -0.266 e. The molecule has 0 aliphatic carbocycles. The highest BCUT2D eigenvalue weighted by Gasteiger charge is 2.01. The first kappa shape index (κ1) is 7.24. The van der Waals surface area contributed by atoms with E-state index in [4.69, 9.17) is 0 Å². The van der Waals surface area contributed by atoms with Crippen molar-refractivity contribution < 1.29 is 9.59 Å². The molecule has 1 heterocycles. The van der Waals surface area contributed by atoms with Gasteiger partial charge in [-0.05, 0) is 6.07 Å². The second-order valence-electron chi connectivity index (χ2n) is 1.64. The lowest BCUT2D eigenvalue weighted by Crippen LogP contribution is -1.95. The van der Waals surface area contributed by atoms with Crippen LogP contribution in [-0.2, 0) is 4.79 Å². The molecule has 0 unspecified atom stereocenters. The van der Waals surface area contributed by atoms with Crippen molar-refractivity contribution in [3.8, 4) is 0 Å². The van der Waals surface area contributed by atoms with Gasteiger partial charge in [0.15, 0.2) is 0 Å². The molecule has 1 aromatic rings. The standard InChI is InChI=1S/C6H3N3O2/c10-4-7-6(11)5-1-2-8-9-3-5/h1-3H. The van der Waals surface area contributed by atoms with E-state index in [0.717, 1.165) is 6.08 Å². The summed E-state index contributed by atoms with van der Waals surface area (Å²) in [6.07, 6.45) is 3.71. The zero-order chi connectivity index (χ0) is 8.10. The second-order valence-corrected chi connectivity index (χ2v) is 1.64. The quantitative estimate of drug-likeness (QED) is 0.414. The van der Waals surface area contributed by atoms with Gasteiger partial charge in [0.2, 0.25) is 6.08 Å². The van der Waals surface area contributed by atoms with Gasteiger partial charge in [-0.3, -0.25) is 4.79 Å². The first-order chi connectivity index (χ1) is 5.34. The van der Waals surface area contributed by atoms with E-state index < -0.39 is 5.91 Å². The molecular weight excluding hydrogens is 146 g/mol. The third kappa shape index (κ3) is 1.77. The summed E-state index contributed by atoms with van der Waals surface area (Å²) in [7, 11) is 0. The molecule has 0 N–H and O–H groups in total. The van der Waals surface area contributed by atoms with Crippen LogP contribution >= 0.6 is 0 Å². The van der Waals surface area contributed by atoms with Crippen LogP contribution in [0.3, 0.4) is 0 Å². The van der Waals surface area contributed by atoms with Crippen LogP contribution in [0, 0.1) is 0 Å². The Morgan fingerprint density at radius 3 is 2.91 bits per heavy atom. The highest BCUT2D eigenvalue weighted by atomic mass is 16.2. The van der Waals surface area contributed by atoms with E-state index in [0.29, 0.717) is 0 Å². The lowest BCUT2D eigenvalue weighted by molar-refractivity contribution is 0.100. The predicted octanol–water partition coefficient (Wildman–Crippen LogP) is -0.0474. The van der Waals surface area contributed by atoms with Gasteiger partial charge in [-0.15, -0.1) is 4.99 Å². The SMILES string of the molecule is O=C=NC(=O)c1ccnnc1. The molecule has 11 heavy (non-hydrogen) atoms. The number of hydrogen-bond donors (Lipinski definition) is 0. The number of isocyanates is 1. The first-order valence-electron chi connectivity index (χ1n) is 2.73. The van der Waals surface area contributed by atoms with Gasteiger partial charge in [0.25, 0.3) is 5.91 Å². The van der Waals surface area contributed by atoms with Crippen LogP contribution in [-0.4, -0.2) is 22.2 Å². The summed E-state index contributed by atoms with van der Waals surface area (Å²) in [5.74, 6) is -0.658. The molecule has 5 heteroatoms. The second kappa shape index (κ2) is 3.34. The Kier molecular flexibility index (Phi) is 2.20. The van der Waals surface area contributed by atoms with Crippen LogP contribution in [0.2, 0.25) is 0 Å². The summed E-state index contributed by atoms with van der Waals surface area (Å²) < 4.78 is 0. The Hall–Kier alpha value is -1.87. The Bertz CT molecular complexity index is 303. The van der Waals surface area contributed by atoms with Crippen molar-refractivity contribution in [2.45, 2.75) is 0 Å². The van der Waals surface area contributed by atoms with Crippen LogP contribution in [0.5, 0.6) is 0 Å². The van der Waals surface area contributed by atoms with Gasteiger partial charge >= 0.3 is 0 Å². The Morgan fingerprint density at radius 2 is 2.36 bits per heavy atom. The molecule has 1 rings (SSSR count). The fourth-order valence-electron chi connectivity index (χ4n) is 0.523. The molecule has 5 nitrogen and oxygen atoms in total. The largest absolute Gasteiger partial charge is 0.289 e. The van der Waals surface area contributed by atoms with Crippen molar-refractivity contribution in [1.82, 2.24) is 10.2 Å². The predicted molar refractivity (Wildman–Crippen MR) is 34.5 cm³/mol. The molecule has 0 fully saturated rings. The van der Waals surface area contributed by atoms with Crippen molar-refractivity contribution in [2.24, 2.45) is 4.99 Å². The number of rotatable bonds is 1. The Labute approximate surface area is 61.8 Å². The lowest BCUT2D eigenvalue weighted by atomic mass is 10.3. The van der Waals surface area contributed by atoms with Crippen molar-refractivity contribution in [2.75, 3.05) is 0 Å². The molecule has 0 saturated carbocycles. The van der Waals surface area contributed by atoms with Gasteiger partial charge < -0.3 is 0 Å². The average molecular weight is 149 g/mol. The summed E-state index contributed by atoms with van der Waals surface area (Å²) >= 11 is 0. The van der Waals surface area contributed by atoms with E-state index in [2.05, 4.69) is 15.2 Å². The summed E-state index contributed by atoms with van der Waals surface area (Å²) in [4.78, 5) is 23.3. The number of aliphatic imine (C=N–C) groups is 1. The molecular formula is C6H3N3O2. The van der Waals surface area contributed by atoms with Crippen LogP contribution in [0.1, 0.15) is 10.4 Å². The van der Waals surface area contributed by atoms with E-state index in [-0.39, 0.29) is 5.56 Å². The monoisotopic (exact) mass is 149 g/mol. The Morgan fingerprint density at radius 1 is 1.55 bits per heavy atom. The number of hydrogen-bond acceptors (Lipinski definition) is 4. The zero-order valence-electron chi connectivity index (χ0n) is 5.39. The van der Waals surface area contributed by atoms with E-state index in [9.17, 15) is 9.59 Å². The number of carbonyl (C=O) groups excluding carboxylic acids is 2. The van der Waals surface area contributed by atoms with Gasteiger partial charge in [-0.25, -0.2) is 4.79 Å². The van der Waals surface area contributed by atoms with Gasteiger partial charge in [-0.2, -0.15) is 10.2 Å². The van der Waals surface area contributed by atoms with Gasteiger partial charge in [0.1, 0.15) is 0 Å². The Balaban J connectivity index is 2.94. The topological polar surface area (TPSA) is 72.3 Å². The molecule has 0 radical (unpaired) electrons. The first-order valence-corrected chi connectivity index (χ1v) is 2.73. The summed E-state index contributed by atoms with van der Waals surface area (Å²) in [5, 5.41) is 6.87. The smallest absolute Gasteiger partial charge is 0.266 e. The molecule has 1 aromatic heterocycles. The molecule has 0 aromatic carbocycles. The van der Waals surface area contributed by atoms with E-state index in [1.165, 1.54) is 18.5 Å². The summed E-state index contributed by atoms with van der Waals surface area (Å²) in [6.45, 7) is 0. The fourth-order valence-corrected chi connectivity index (χ4v) is 0.523. The number of carbonyl (C=O) groups is 1. The molecule has 0 bridgehead atoms. The highest BCUT2D eigenvalue weighted by molar-refractivity contribution is 5.96. The zero-order valence-corrected chi connectivity index (χ0v) is 5.39. The van der Waals surface area contributed by atoms with Crippen molar-refractivity contribution in [1.29, 1.82) is 0 Å². The van der Waals surface area contributed by atoms with Crippen LogP contribution in [0.4, 0.5) is 0 Å². The molecule has 0 aliphatic rings. The molecule has 54 valence electrons. The summed E-state index contributed by atoms with van der Waals surface area (Å²) in [5.41, 5.74) is 0.225. The van der Waals surface area contributed by atoms with Crippen molar-refractivity contribution in [3.05, 3.63) is 24.0 Å². The van der Waals surface area contributed by atoms with E-state index in [1.54, 1.807) is 0 Å². The van der Waals surface area contributed by atoms with Crippen LogP contribution < -0.4 is 0 Å². The highest BCUT2D eigenvalue weighted by Crippen LogP contribution is 1.94. The minimum atomic E-state index is -0.658. The van der Waals surface area contributed by atoms with E-state index in [1.807, 2.05) is 0 Å². The van der Waals surface area contributed by atoms with Crippen LogP contribution in [0.15, 0.2) is 23.5 Å². The molecule has 0 spiro atoms. The molecule has 0 atom stereocenters.